The average molecular weight is 284 g/mol. The summed E-state index contributed by atoms with van der Waals surface area (Å²) in [5.41, 5.74) is 0.283. The summed E-state index contributed by atoms with van der Waals surface area (Å²) in [7, 11) is 0. The molecule has 0 saturated heterocycles. The van der Waals surface area contributed by atoms with E-state index in [1.54, 1.807) is 0 Å². The van der Waals surface area contributed by atoms with Gasteiger partial charge in [-0.1, -0.05) is 48.1 Å². The van der Waals surface area contributed by atoms with Crippen LogP contribution in [-0.2, 0) is 14.3 Å². The minimum Gasteiger partial charge on any atom is -0.495 e. The molecule has 1 unspecified atom stereocenters. The number of hydrogen-bond donors (Lipinski definition) is 0. The van der Waals surface area contributed by atoms with E-state index >= 15 is 0 Å². The fraction of sp³-hybridized carbons (Fsp3) is 0.824. The fourth-order valence-electron chi connectivity index (χ4n) is 1.86. The lowest BCUT2D eigenvalue weighted by Crippen LogP contribution is -2.19. The van der Waals surface area contributed by atoms with Crippen molar-refractivity contribution in [2.75, 3.05) is 13.2 Å². The van der Waals surface area contributed by atoms with Crippen molar-refractivity contribution in [3.8, 4) is 0 Å². The molecule has 0 aliphatic rings. The van der Waals surface area contributed by atoms with Crippen molar-refractivity contribution in [1.82, 2.24) is 0 Å². The maximum Gasteiger partial charge on any atom is 0.308 e. The molecule has 0 rings (SSSR count). The summed E-state index contributed by atoms with van der Waals surface area (Å²) < 4.78 is 10.7. The molecule has 0 bridgehead atoms. The molecule has 0 saturated carbocycles. The Bertz CT molecular complexity index is 300. The summed E-state index contributed by atoms with van der Waals surface area (Å²) in [4.78, 5) is 11.7. The standard InChI is InChI=1S/C17H32O3/c1-13(2)12-14(3)16(18)20-11-10-19-15(4)8-9-17(5,6)7/h13-14H,4,8-12H2,1-3,5-7H3. The molecular weight excluding hydrogens is 252 g/mol. The first-order valence-corrected chi connectivity index (χ1v) is 7.59. The second-order valence-electron chi connectivity index (χ2n) is 7.15. The summed E-state index contributed by atoms with van der Waals surface area (Å²) in [5, 5.41) is 0. The Balaban J connectivity index is 3.70. The first kappa shape index (κ1) is 19.0. The van der Waals surface area contributed by atoms with Gasteiger partial charge in [-0.25, -0.2) is 0 Å². The highest BCUT2D eigenvalue weighted by molar-refractivity contribution is 5.71. The van der Waals surface area contributed by atoms with Crippen molar-refractivity contribution >= 4 is 5.97 Å². The van der Waals surface area contributed by atoms with E-state index in [0.717, 1.165) is 25.0 Å². The van der Waals surface area contributed by atoms with Crippen LogP contribution in [0, 0.1) is 17.3 Å². The van der Waals surface area contributed by atoms with Gasteiger partial charge in [0.15, 0.2) is 0 Å². The number of carbonyl (C=O) groups is 1. The minimum absolute atomic E-state index is 0.0425. The van der Waals surface area contributed by atoms with Gasteiger partial charge in [0.1, 0.15) is 13.2 Å². The van der Waals surface area contributed by atoms with Crippen molar-refractivity contribution in [1.29, 1.82) is 0 Å². The zero-order chi connectivity index (χ0) is 15.8. The Morgan fingerprint density at radius 2 is 1.65 bits per heavy atom. The lowest BCUT2D eigenvalue weighted by Gasteiger charge is -2.19. The van der Waals surface area contributed by atoms with E-state index in [4.69, 9.17) is 9.47 Å². The van der Waals surface area contributed by atoms with Crippen molar-refractivity contribution < 1.29 is 14.3 Å². The molecule has 0 spiro atoms. The van der Waals surface area contributed by atoms with Gasteiger partial charge in [0, 0.05) is 6.42 Å². The van der Waals surface area contributed by atoms with Crippen molar-refractivity contribution in [3.63, 3.8) is 0 Å². The first-order valence-electron chi connectivity index (χ1n) is 7.59. The van der Waals surface area contributed by atoms with Crippen LogP contribution in [0.15, 0.2) is 12.3 Å². The van der Waals surface area contributed by atoms with E-state index in [1.165, 1.54) is 0 Å². The lowest BCUT2D eigenvalue weighted by molar-refractivity contribution is -0.149. The van der Waals surface area contributed by atoms with Gasteiger partial charge in [0.2, 0.25) is 0 Å². The number of rotatable bonds is 9. The molecule has 118 valence electrons. The summed E-state index contributed by atoms with van der Waals surface area (Å²) in [5.74, 6) is 1.10. The minimum atomic E-state index is -0.136. The summed E-state index contributed by atoms with van der Waals surface area (Å²) in [6.07, 6.45) is 2.75. The highest BCUT2D eigenvalue weighted by Gasteiger charge is 2.16. The molecule has 0 aliphatic heterocycles. The molecule has 3 nitrogen and oxygen atoms in total. The molecule has 0 radical (unpaired) electrons. The summed E-state index contributed by atoms with van der Waals surface area (Å²) in [6.45, 7) is 17.3. The van der Waals surface area contributed by atoms with Crippen molar-refractivity contribution in [2.24, 2.45) is 17.3 Å². The Morgan fingerprint density at radius 3 is 2.15 bits per heavy atom. The highest BCUT2D eigenvalue weighted by atomic mass is 16.6. The average Bonchev–Trinajstić information content (AvgIpc) is 2.30. The van der Waals surface area contributed by atoms with Crippen LogP contribution < -0.4 is 0 Å². The number of hydrogen-bond acceptors (Lipinski definition) is 3. The monoisotopic (exact) mass is 284 g/mol. The van der Waals surface area contributed by atoms with Gasteiger partial charge in [-0.15, -0.1) is 0 Å². The van der Waals surface area contributed by atoms with E-state index in [-0.39, 0.29) is 17.3 Å². The van der Waals surface area contributed by atoms with Crippen LogP contribution in [0.2, 0.25) is 0 Å². The molecular formula is C17H32O3. The van der Waals surface area contributed by atoms with E-state index in [9.17, 15) is 4.79 Å². The van der Waals surface area contributed by atoms with Crippen molar-refractivity contribution in [3.05, 3.63) is 12.3 Å². The SMILES string of the molecule is C=C(CCC(C)(C)C)OCCOC(=O)C(C)CC(C)C. The largest absolute Gasteiger partial charge is 0.495 e. The smallest absolute Gasteiger partial charge is 0.308 e. The van der Waals surface area contributed by atoms with Gasteiger partial charge < -0.3 is 9.47 Å². The van der Waals surface area contributed by atoms with Crippen molar-refractivity contribution in [2.45, 2.75) is 60.8 Å². The lowest BCUT2D eigenvalue weighted by atomic mass is 9.90. The van der Waals surface area contributed by atoms with Crippen LogP contribution in [0.5, 0.6) is 0 Å². The number of carbonyl (C=O) groups excluding carboxylic acids is 1. The summed E-state index contributed by atoms with van der Waals surface area (Å²) in [6, 6.07) is 0. The molecule has 0 fully saturated rings. The van der Waals surface area contributed by atoms with Crippen LogP contribution in [0.4, 0.5) is 0 Å². The number of esters is 1. The maximum absolute atomic E-state index is 11.7. The highest BCUT2D eigenvalue weighted by Crippen LogP contribution is 2.23. The number of allylic oxidation sites excluding steroid dienone is 1. The second kappa shape index (κ2) is 9.04. The fourth-order valence-corrected chi connectivity index (χ4v) is 1.86. The van der Waals surface area contributed by atoms with Crippen LogP contribution >= 0.6 is 0 Å². The third-order valence-electron chi connectivity index (χ3n) is 3.02. The molecule has 0 aromatic rings. The van der Waals surface area contributed by atoms with Crippen LogP contribution in [0.1, 0.15) is 60.8 Å². The van der Waals surface area contributed by atoms with E-state index in [2.05, 4.69) is 41.2 Å². The van der Waals surface area contributed by atoms with Gasteiger partial charge in [-0.3, -0.25) is 4.79 Å². The maximum atomic E-state index is 11.7. The Hall–Kier alpha value is -0.990. The van der Waals surface area contributed by atoms with E-state index < -0.39 is 0 Å². The van der Waals surface area contributed by atoms with Crippen LogP contribution in [0.3, 0.4) is 0 Å². The second-order valence-corrected chi connectivity index (χ2v) is 7.15. The Labute approximate surface area is 124 Å². The molecule has 0 aromatic heterocycles. The third-order valence-corrected chi connectivity index (χ3v) is 3.02. The zero-order valence-corrected chi connectivity index (χ0v) is 14.1. The molecule has 0 heterocycles. The summed E-state index contributed by atoms with van der Waals surface area (Å²) >= 11 is 0. The topological polar surface area (TPSA) is 35.5 Å². The van der Waals surface area contributed by atoms with E-state index in [0.29, 0.717) is 19.1 Å². The normalized spacial score (nSPS) is 13.2. The van der Waals surface area contributed by atoms with Crippen LogP contribution in [0.25, 0.3) is 0 Å². The predicted octanol–water partition coefficient (Wildman–Crippen LogP) is 4.57. The quantitative estimate of drug-likeness (QED) is 0.353. The molecule has 1 atom stereocenters. The van der Waals surface area contributed by atoms with E-state index in [1.807, 2.05) is 6.92 Å². The third kappa shape index (κ3) is 10.9. The molecule has 0 aromatic carbocycles. The molecule has 0 aliphatic carbocycles. The molecule has 0 amide bonds. The van der Waals surface area contributed by atoms with Gasteiger partial charge in [0.25, 0.3) is 0 Å². The first-order chi connectivity index (χ1) is 9.11. The van der Waals surface area contributed by atoms with Crippen LogP contribution in [-0.4, -0.2) is 19.2 Å². The van der Waals surface area contributed by atoms with Gasteiger partial charge in [-0.05, 0) is 24.2 Å². The Kier molecular flexibility index (Phi) is 8.59. The zero-order valence-electron chi connectivity index (χ0n) is 14.1. The van der Waals surface area contributed by atoms with Gasteiger partial charge in [-0.2, -0.15) is 0 Å². The molecule has 3 heteroatoms. The number of ether oxygens (including phenoxy) is 2. The molecule has 0 N–H and O–H groups in total. The predicted molar refractivity (Wildman–Crippen MR) is 83.4 cm³/mol. The molecule has 20 heavy (non-hydrogen) atoms. The van der Waals surface area contributed by atoms with Gasteiger partial charge >= 0.3 is 5.97 Å². The van der Waals surface area contributed by atoms with Gasteiger partial charge in [0.05, 0.1) is 11.7 Å². The Morgan fingerprint density at radius 1 is 1.10 bits per heavy atom.